The second-order valence-electron chi connectivity index (χ2n) is 6.48. The minimum Gasteiger partial charge on any atom is -0.342 e. The first kappa shape index (κ1) is 21.3. The number of amides is 1. The molecule has 0 spiro atoms. The van der Waals surface area contributed by atoms with E-state index in [1.807, 2.05) is 24.3 Å². The van der Waals surface area contributed by atoms with Crippen LogP contribution >= 0.6 is 11.6 Å². The molecule has 0 aliphatic carbocycles. The summed E-state index contributed by atoms with van der Waals surface area (Å²) in [5, 5.41) is 2.86. The number of H-pyrrole nitrogens is 1. The number of benzene rings is 2. The fraction of sp³-hybridized carbons (Fsp3) is 0.300. The summed E-state index contributed by atoms with van der Waals surface area (Å²) in [6.45, 7) is 4.20. The van der Waals surface area contributed by atoms with E-state index >= 15 is 0 Å². The largest absolute Gasteiger partial charge is 0.342 e. The molecule has 0 bridgehead atoms. The zero-order valence-corrected chi connectivity index (χ0v) is 17.8. The van der Waals surface area contributed by atoms with Crippen LogP contribution in [0.4, 0.5) is 5.69 Å². The summed E-state index contributed by atoms with van der Waals surface area (Å²) in [6.07, 6.45) is 0.652. The number of anilines is 1. The Balaban J connectivity index is 1.70. The lowest BCUT2D eigenvalue weighted by molar-refractivity contribution is -0.116. The number of hydrogen-bond acceptors (Lipinski definition) is 4. The zero-order valence-electron chi connectivity index (χ0n) is 16.3. The number of rotatable bonds is 8. The number of aromatic amines is 1. The number of aromatic nitrogens is 2. The minimum absolute atomic E-state index is 0.0158. The molecule has 0 fully saturated rings. The Kier molecular flexibility index (Phi) is 6.56. The molecule has 0 saturated carbocycles. The maximum atomic E-state index is 12.8. The summed E-state index contributed by atoms with van der Waals surface area (Å²) in [7, 11) is -3.73. The van der Waals surface area contributed by atoms with Gasteiger partial charge in [-0.3, -0.25) is 4.79 Å². The third kappa shape index (κ3) is 4.77. The van der Waals surface area contributed by atoms with Crippen molar-refractivity contribution in [2.45, 2.75) is 31.6 Å². The number of para-hydroxylation sites is 2. The van der Waals surface area contributed by atoms with Crippen molar-refractivity contribution in [3.63, 3.8) is 0 Å². The van der Waals surface area contributed by atoms with E-state index in [1.54, 1.807) is 19.9 Å². The third-order valence-corrected chi connectivity index (χ3v) is 7.10. The van der Waals surface area contributed by atoms with Crippen LogP contribution in [0.25, 0.3) is 11.0 Å². The molecule has 0 saturated heterocycles. The maximum absolute atomic E-state index is 12.8. The standard InChI is InChI=1S/C20H23ClN4O3S/c1-3-25(4-2)29(27,28)18-13-14(9-10-15(18)21)22-20(26)12-11-19-23-16-7-5-6-8-17(16)24-19/h5-10,13H,3-4,11-12H2,1-2H3,(H,22,26)(H,23,24). The van der Waals surface area contributed by atoms with E-state index in [0.717, 1.165) is 16.9 Å². The van der Waals surface area contributed by atoms with Crippen LogP contribution in [-0.2, 0) is 21.2 Å². The molecule has 9 heteroatoms. The number of imidazole rings is 1. The number of carbonyl (C=O) groups is 1. The molecule has 7 nitrogen and oxygen atoms in total. The van der Waals surface area contributed by atoms with Crippen molar-refractivity contribution in [3.05, 3.63) is 53.3 Å². The van der Waals surface area contributed by atoms with Gasteiger partial charge in [0.15, 0.2) is 0 Å². The Morgan fingerprint density at radius 2 is 1.90 bits per heavy atom. The van der Waals surface area contributed by atoms with Crippen LogP contribution in [0, 0.1) is 0 Å². The molecule has 3 rings (SSSR count). The molecule has 1 heterocycles. The monoisotopic (exact) mass is 434 g/mol. The maximum Gasteiger partial charge on any atom is 0.244 e. The zero-order chi connectivity index (χ0) is 21.0. The normalized spacial score (nSPS) is 11.9. The van der Waals surface area contributed by atoms with Crippen LogP contribution < -0.4 is 5.32 Å². The third-order valence-electron chi connectivity index (χ3n) is 4.57. The second-order valence-corrected chi connectivity index (χ2v) is 8.80. The Morgan fingerprint density at radius 3 is 2.59 bits per heavy atom. The number of nitrogens with one attached hydrogen (secondary N) is 2. The van der Waals surface area contributed by atoms with E-state index in [2.05, 4.69) is 15.3 Å². The number of halogens is 1. The molecule has 0 aliphatic heterocycles. The van der Waals surface area contributed by atoms with Crippen molar-refractivity contribution >= 4 is 44.3 Å². The summed E-state index contributed by atoms with van der Waals surface area (Å²) >= 11 is 6.12. The smallest absolute Gasteiger partial charge is 0.244 e. The van der Waals surface area contributed by atoms with Crippen molar-refractivity contribution in [1.29, 1.82) is 0 Å². The molecule has 0 unspecified atom stereocenters. The molecule has 2 N–H and O–H groups in total. The van der Waals surface area contributed by atoms with Gasteiger partial charge in [-0.15, -0.1) is 0 Å². The van der Waals surface area contributed by atoms with Crippen molar-refractivity contribution < 1.29 is 13.2 Å². The minimum atomic E-state index is -3.73. The van der Waals surface area contributed by atoms with Gasteiger partial charge in [-0.2, -0.15) is 4.31 Å². The van der Waals surface area contributed by atoms with E-state index in [9.17, 15) is 13.2 Å². The van der Waals surface area contributed by atoms with Crippen LogP contribution in [0.2, 0.25) is 5.02 Å². The average Bonchev–Trinajstić information content (AvgIpc) is 3.11. The van der Waals surface area contributed by atoms with Gasteiger partial charge in [0.25, 0.3) is 0 Å². The highest BCUT2D eigenvalue weighted by Crippen LogP contribution is 2.28. The molecule has 2 aromatic carbocycles. The fourth-order valence-electron chi connectivity index (χ4n) is 3.06. The summed E-state index contributed by atoms with van der Waals surface area (Å²) in [4.78, 5) is 20.0. The Hall–Kier alpha value is -2.42. The van der Waals surface area contributed by atoms with Gasteiger partial charge < -0.3 is 10.3 Å². The molecule has 0 aliphatic rings. The first-order valence-corrected chi connectivity index (χ1v) is 11.2. The lowest BCUT2D eigenvalue weighted by Crippen LogP contribution is -2.30. The lowest BCUT2D eigenvalue weighted by Gasteiger charge is -2.19. The molecule has 0 radical (unpaired) electrons. The molecule has 1 amide bonds. The summed E-state index contributed by atoms with van der Waals surface area (Å²) in [5.74, 6) is 0.487. The van der Waals surface area contributed by atoms with Gasteiger partial charge in [0.05, 0.1) is 16.1 Å². The van der Waals surface area contributed by atoms with Crippen molar-refractivity contribution in [2.75, 3.05) is 18.4 Å². The lowest BCUT2D eigenvalue weighted by atomic mass is 10.2. The van der Waals surface area contributed by atoms with Gasteiger partial charge in [0, 0.05) is 31.6 Å². The highest BCUT2D eigenvalue weighted by atomic mass is 35.5. The van der Waals surface area contributed by atoms with Gasteiger partial charge >= 0.3 is 0 Å². The van der Waals surface area contributed by atoms with Crippen LogP contribution in [-0.4, -0.2) is 41.7 Å². The van der Waals surface area contributed by atoms with Gasteiger partial charge in [0.1, 0.15) is 10.7 Å². The first-order valence-electron chi connectivity index (χ1n) is 9.38. The summed E-state index contributed by atoms with van der Waals surface area (Å²) in [6, 6.07) is 12.1. The van der Waals surface area contributed by atoms with Crippen LogP contribution in [0.3, 0.4) is 0 Å². The van der Waals surface area contributed by atoms with Gasteiger partial charge in [-0.1, -0.05) is 37.6 Å². The second kappa shape index (κ2) is 8.94. The molecule has 0 atom stereocenters. The van der Waals surface area contributed by atoms with E-state index in [1.165, 1.54) is 16.4 Å². The Labute approximate surface area is 175 Å². The molecule has 1 aromatic heterocycles. The number of nitrogens with zero attached hydrogens (tertiary/aromatic N) is 2. The molecule has 29 heavy (non-hydrogen) atoms. The van der Waals surface area contributed by atoms with Crippen LogP contribution in [0.15, 0.2) is 47.4 Å². The predicted octanol–water partition coefficient (Wildman–Crippen LogP) is 3.82. The van der Waals surface area contributed by atoms with Crippen LogP contribution in [0.5, 0.6) is 0 Å². The number of aryl methyl sites for hydroxylation is 1. The highest BCUT2D eigenvalue weighted by molar-refractivity contribution is 7.89. The van der Waals surface area contributed by atoms with E-state index in [-0.39, 0.29) is 22.2 Å². The number of carbonyl (C=O) groups excluding carboxylic acids is 1. The molecular weight excluding hydrogens is 412 g/mol. The van der Waals surface area contributed by atoms with Crippen molar-refractivity contribution in [2.24, 2.45) is 0 Å². The molecule has 154 valence electrons. The summed E-state index contributed by atoms with van der Waals surface area (Å²) in [5.41, 5.74) is 2.16. The number of sulfonamides is 1. The highest BCUT2D eigenvalue weighted by Gasteiger charge is 2.25. The first-order chi connectivity index (χ1) is 13.8. The number of hydrogen-bond donors (Lipinski definition) is 2. The number of fused-ring (bicyclic) bond motifs is 1. The quantitative estimate of drug-likeness (QED) is 0.563. The Bertz CT molecular complexity index is 1090. The van der Waals surface area contributed by atoms with E-state index < -0.39 is 10.0 Å². The van der Waals surface area contributed by atoms with Crippen molar-refractivity contribution in [1.82, 2.24) is 14.3 Å². The summed E-state index contributed by atoms with van der Waals surface area (Å²) < 4.78 is 26.9. The SMILES string of the molecule is CCN(CC)S(=O)(=O)c1cc(NC(=O)CCc2nc3ccccc3[nH]2)ccc1Cl. The van der Waals surface area contributed by atoms with Gasteiger partial charge in [-0.25, -0.2) is 13.4 Å². The van der Waals surface area contributed by atoms with Gasteiger partial charge in [0.2, 0.25) is 15.9 Å². The predicted molar refractivity (Wildman–Crippen MR) is 115 cm³/mol. The molecular formula is C20H23ClN4O3S. The van der Waals surface area contributed by atoms with Crippen LogP contribution in [0.1, 0.15) is 26.1 Å². The van der Waals surface area contributed by atoms with E-state index in [4.69, 9.17) is 11.6 Å². The van der Waals surface area contributed by atoms with E-state index in [0.29, 0.717) is 25.2 Å². The molecule has 3 aromatic rings. The Morgan fingerprint density at radius 1 is 1.17 bits per heavy atom. The average molecular weight is 435 g/mol. The van der Waals surface area contributed by atoms with Crippen molar-refractivity contribution in [3.8, 4) is 0 Å². The topological polar surface area (TPSA) is 95.2 Å². The van der Waals surface area contributed by atoms with Gasteiger partial charge in [-0.05, 0) is 30.3 Å². The fourth-order valence-corrected chi connectivity index (χ4v) is 5.02.